The Labute approximate surface area is 103 Å². The molecule has 2 aromatic heterocycles. The minimum atomic E-state index is 0.911. The first-order chi connectivity index (χ1) is 8.92. The number of hydrogen-bond acceptors (Lipinski definition) is 2. The van der Waals surface area contributed by atoms with E-state index in [0.717, 1.165) is 32.9 Å². The van der Waals surface area contributed by atoms with E-state index < -0.39 is 0 Å². The number of furan rings is 2. The van der Waals surface area contributed by atoms with Gasteiger partial charge in [0, 0.05) is 27.1 Å². The van der Waals surface area contributed by atoms with Crippen LogP contribution in [-0.4, -0.2) is 0 Å². The van der Waals surface area contributed by atoms with Gasteiger partial charge in [-0.15, -0.1) is 0 Å². The second-order valence-corrected chi connectivity index (χ2v) is 4.37. The lowest BCUT2D eigenvalue weighted by molar-refractivity contribution is 0.572. The molecule has 0 fully saturated rings. The molecule has 18 heavy (non-hydrogen) atoms. The van der Waals surface area contributed by atoms with Crippen molar-refractivity contribution >= 4 is 21.5 Å². The second-order valence-electron chi connectivity index (χ2n) is 4.37. The Bertz CT molecular complexity index is 836. The molecule has 0 bridgehead atoms. The quantitative estimate of drug-likeness (QED) is 0.470. The van der Waals surface area contributed by atoms with Crippen LogP contribution in [0.25, 0.3) is 32.9 Å². The SMILES string of the molecule is c1ccc2c(-c3ccc4cocc4c3)occ2c1. The van der Waals surface area contributed by atoms with Gasteiger partial charge in [-0.2, -0.15) is 0 Å². The summed E-state index contributed by atoms with van der Waals surface area (Å²) in [6, 6.07) is 14.4. The van der Waals surface area contributed by atoms with Crippen LogP contribution in [0, 0.1) is 0 Å². The highest BCUT2D eigenvalue weighted by atomic mass is 16.3. The van der Waals surface area contributed by atoms with E-state index in [-0.39, 0.29) is 0 Å². The van der Waals surface area contributed by atoms with Crippen molar-refractivity contribution in [1.82, 2.24) is 0 Å². The average Bonchev–Trinajstić information content (AvgIpc) is 3.04. The number of benzene rings is 2. The highest BCUT2D eigenvalue weighted by molar-refractivity contribution is 5.96. The Morgan fingerprint density at radius 1 is 0.722 bits per heavy atom. The molecule has 0 aliphatic heterocycles. The molecule has 0 saturated heterocycles. The molecule has 86 valence electrons. The average molecular weight is 234 g/mol. The molecule has 2 heteroatoms. The summed E-state index contributed by atoms with van der Waals surface area (Å²) < 4.78 is 10.9. The maximum absolute atomic E-state index is 5.70. The van der Waals surface area contributed by atoms with Crippen LogP contribution in [0.1, 0.15) is 0 Å². The van der Waals surface area contributed by atoms with Crippen molar-refractivity contribution < 1.29 is 8.83 Å². The van der Waals surface area contributed by atoms with Gasteiger partial charge in [0.05, 0.1) is 18.8 Å². The second kappa shape index (κ2) is 3.50. The standard InChI is InChI=1S/C16H10O2/c1-2-4-15-13(3-1)10-18-16(15)11-5-6-12-8-17-9-14(12)7-11/h1-10H. The van der Waals surface area contributed by atoms with Crippen LogP contribution in [0.2, 0.25) is 0 Å². The highest BCUT2D eigenvalue weighted by Gasteiger charge is 2.09. The molecule has 0 N–H and O–H groups in total. The van der Waals surface area contributed by atoms with Crippen LogP contribution in [0.4, 0.5) is 0 Å². The van der Waals surface area contributed by atoms with E-state index in [2.05, 4.69) is 24.3 Å². The Hall–Kier alpha value is -2.48. The van der Waals surface area contributed by atoms with E-state index in [1.54, 1.807) is 18.8 Å². The van der Waals surface area contributed by atoms with Crippen molar-refractivity contribution in [2.24, 2.45) is 0 Å². The largest absolute Gasteiger partial charge is 0.471 e. The van der Waals surface area contributed by atoms with Crippen LogP contribution < -0.4 is 0 Å². The third-order valence-electron chi connectivity index (χ3n) is 3.25. The van der Waals surface area contributed by atoms with Crippen molar-refractivity contribution in [3.63, 3.8) is 0 Å². The highest BCUT2D eigenvalue weighted by Crippen LogP contribution is 2.32. The molecule has 4 aromatic rings. The summed E-state index contributed by atoms with van der Waals surface area (Å²) in [5, 5.41) is 4.46. The van der Waals surface area contributed by atoms with Crippen molar-refractivity contribution in [3.8, 4) is 11.3 Å². The third-order valence-corrected chi connectivity index (χ3v) is 3.25. The Balaban J connectivity index is 2.00. The minimum Gasteiger partial charge on any atom is -0.471 e. The summed E-state index contributed by atoms with van der Waals surface area (Å²) in [5.41, 5.74) is 1.07. The van der Waals surface area contributed by atoms with Gasteiger partial charge in [-0.3, -0.25) is 0 Å². The van der Waals surface area contributed by atoms with E-state index in [0.29, 0.717) is 0 Å². The summed E-state index contributed by atoms with van der Waals surface area (Å²) >= 11 is 0. The van der Waals surface area contributed by atoms with Crippen LogP contribution in [-0.2, 0) is 0 Å². The zero-order chi connectivity index (χ0) is 11.9. The Kier molecular flexibility index (Phi) is 1.86. The van der Waals surface area contributed by atoms with Gasteiger partial charge in [-0.05, 0) is 6.07 Å². The lowest BCUT2D eigenvalue weighted by Crippen LogP contribution is -1.75. The van der Waals surface area contributed by atoms with E-state index in [1.165, 1.54) is 0 Å². The molecule has 4 rings (SSSR count). The van der Waals surface area contributed by atoms with Gasteiger partial charge in [0.2, 0.25) is 0 Å². The first-order valence-electron chi connectivity index (χ1n) is 5.84. The fourth-order valence-electron chi connectivity index (χ4n) is 2.32. The van der Waals surface area contributed by atoms with Gasteiger partial charge in [0.15, 0.2) is 0 Å². The van der Waals surface area contributed by atoms with E-state index in [4.69, 9.17) is 8.83 Å². The lowest BCUT2D eigenvalue weighted by Gasteiger charge is -1.98. The smallest absolute Gasteiger partial charge is 0.141 e. The molecule has 2 aromatic carbocycles. The Morgan fingerprint density at radius 2 is 1.61 bits per heavy atom. The molecule has 2 heterocycles. The predicted octanol–water partition coefficient (Wildman–Crippen LogP) is 4.85. The van der Waals surface area contributed by atoms with Gasteiger partial charge >= 0.3 is 0 Å². The molecule has 0 unspecified atom stereocenters. The van der Waals surface area contributed by atoms with Gasteiger partial charge in [-0.25, -0.2) is 0 Å². The molecule has 0 aliphatic carbocycles. The lowest BCUT2D eigenvalue weighted by atomic mass is 10.1. The summed E-state index contributed by atoms with van der Waals surface area (Å²) in [7, 11) is 0. The van der Waals surface area contributed by atoms with Crippen LogP contribution in [0.3, 0.4) is 0 Å². The molecule has 0 amide bonds. The molecule has 0 saturated carbocycles. The maximum Gasteiger partial charge on any atom is 0.141 e. The monoisotopic (exact) mass is 234 g/mol. The van der Waals surface area contributed by atoms with Gasteiger partial charge < -0.3 is 8.83 Å². The summed E-state index contributed by atoms with van der Waals surface area (Å²) in [6.45, 7) is 0. The molecular weight excluding hydrogens is 224 g/mol. The maximum atomic E-state index is 5.70. The molecule has 0 atom stereocenters. The van der Waals surface area contributed by atoms with Gasteiger partial charge in [0.25, 0.3) is 0 Å². The molecule has 2 nitrogen and oxygen atoms in total. The van der Waals surface area contributed by atoms with Crippen molar-refractivity contribution in [2.45, 2.75) is 0 Å². The van der Waals surface area contributed by atoms with Crippen molar-refractivity contribution in [2.75, 3.05) is 0 Å². The molecular formula is C16H10O2. The summed E-state index contributed by atoms with van der Waals surface area (Å²) in [4.78, 5) is 0. The van der Waals surface area contributed by atoms with Crippen LogP contribution in [0.15, 0.2) is 70.1 Å². The zero-order valence-electron chi connectivity index (χ0n) is 9.59. The number of fused-ring (bicyclic) bond motifs is 2. The van der Waals surface area contributed by atoms with Crippen LogP contribution in [0.5, 0.6) is 0 Å². The molecule has 0 spiro atoms. The van der Waals surface area contributed by atoms with E-state index in [1.807, 2.05) is 18.2 Å². The number of rotatable bonds is 1. The zero-order valence-corrected chi connectivity index (χ0v) is 9.59. The topological polar surface area (TPSA) is 26.3 Å². The summed E-state index contributed by atoms with van der Waals surface area (Å²) in [5.74, 6) is 0.911. The first-order valence-corrected chi connectivity index (χ1v) is 5.84. The van der Waals surface area contributed by atoms with E-state index in [9.17, 15) is 0 Å². The van der Waals surface area contributed by atoms with Gasteiger partial charge in [-0.1, -0.05) is 36.4 Å². The molecule has 0 radical (unpaired) electrons. The number of hydrogen-bond donors (Lipinski definition) is 0. The first kappa shape index (κ1) is 9.54. The van der Waals surface area contributed by atoms with Gasteiger partial charge in [0.1, 0.15) is 5.76 Å². The third kappa shape index (κ3) is 1.29. The Morgan fingerprint density at radius 3 is 2.61 bits per heavy atom. The van der Waals surface area contributed by atoms with E-state index >= 15 is 0 Å². The normalized spacial score (nSPS) is 11.3. The fourth-order valence-corrected chi connectivity index (χ4v) is 2.32. The fraction of sp³-hybridized carbons (Fsp3) is 0. The minimum absolute atomic E-state index is 0.911. The van der Waals surface area contributed by atoms with Crippen LogP contribution >= 0.6 is 0 Å². The predicted molar refractivity (Wildman–Crippen MR) is 71.4 cm³/mol. The summed E-state index contributed by atoms with van der Waals surface area (Å²) in [6.07, 6.45) is 5.30. The molecule has 0 aliphatic rings. The van der Waals surface area contributed by atoms with Crippen molar-refractivity contribution in [1.29, 1.82) is 0 Å². The van der Waals surface area contributed by atoms with Crippen molar-refractivity contribution in [3.05, 3.63) is 61.3 Å².